The van der Waals surface area contributed by atoms with E-state index in [2.05, 4.69) is 10.1 Å². The summed E-state index contributed by atoms with van der Waals surface area (Å²) in [6, 6.07) is 15.5. The smallest absolute Gasteiger partial charge is 0.140 e. The van der Waals surface area contributed by atoms with E-state index in [9.17, 15) is 0 Å². The van der Waals surface area contributed by atoms with Gasteiger partial charge in [0.1, 0.15) is 17.4 Å². The summed E-state index contributed by atoms with van der Waals surface area (Å²) in [5.74, 6) is 0.687. The van der Waals surface area contributed by atoms with Gasteiger partial charge < -0.3 is 9.94 Å². The topological polar surface area (TPSA) is 54.7 Å². The van der Waals surface area contributed by atoms with Gasteiger partial charge in [0, 0.05) is 5.56 Å². The number of oxime groups is 1. The number of hydrogen-bond donors (Lipinski definition) is 1. The van der Waals surface area contributed by atoms with Gasteiger partial charge in [0.2, 0.25) is 0 Å². The molecule has 3 aromatic rings. The molecule has 0 radical (unpaired) electrons. The van der Waals surface area contributed by atoms with Crippen molar-refractivity contribution in [3.8, 4) is 5.75 Å². The van der Waals surface area contributed by atoms with Crippen LogP contribution >= 0.6 is 11.3 Å². The first-order valence-electron chi connectivity index (χ1n) is 6.53. The number of fused-ring (bicyclic) bond motifs is 1. The van der Waals surface area contributed by atoms with E-state index in [4.69, 9.17) is 9.94 Å². The zero-order valence-corrected chi connectivity index (χ0v) is 12.3. The molecule has 3 rings (SSSR count). The molecule has 106 valence electrons. The maximum absolute atomic E-state index is 8.92. The fraction of sp³-hybridized carbons (Fsp3) is 0.125. The minimum absolute atomic E-state index is 0.398. The van der Waals surface area contributed by atoms with E-state index >= 15 is 0 Å². The summed E-state index contributed by atoms with van der Waals surface area (Å²) in [5, 5.41) is 13.1. The summed E-state index contributed by atoms with van der Waals surface area (Å²) in [6.07, 6.45) is 0. The Labute approximate surface area is 126 Å². The minimum Gasteiger partial charge on any atom is -0.486 e. The zero-order valence-electron chi connectivity index (χ0n) is 11.5. The van der Waals surface area contributed by atoms with Crippen molar-refractivity contribution in [2.24, 2.45) is 5.16 Å². The van der Waals surface area contributed by atoms with E-state index in [1.165, 1.54) is 0 Å². The largest absolute Gasteiger partial charge is 0.486 e. The Morgan fingerprint density at radius 2 is 1.95 bits per heavy atom. The van der Waals surface area contributed by atoms with Crippen LogP contribution in [0.25, 0.3) is 10.2 Å². The number of thiazole rings is 1. The van der Waals surface area contributed by atoms with Gasteiger partial charge in [0.15, 0.2) is 0 Å². The van der Waals surface area contributed by atoms with E-state index in [1.807, 2.05) is 48.5 Å². The maximum Gasteiger partial charge on any atom is 0.140 e. The Balaban J connectivity index is 1.81. The van der Waals surface area contributed by atoms with Gasteiger partial charge in [0.25, 0.3) is 0 Å². The van der Waals surface area contributed by atoms with E-state index < -0.39 is 0 Å². The van der Waals surface area contributed by atoms with Crippen molar-refractivity contribution < 1.29 is 9.94 Å². The number of benzene rings is 2. The van der Waals surface area contributed by atoms with Crippen LogP contribution in [0.15, 0.2) is 53.7 Å². The van der Waals surface area contributed by atoms with Crippen LogP contribution in [-0.2, 0) is 6.61 Å². The molecule has 0 saturated heterocycles. The highest BCUT2D eigenvalue weighted by Crippen LogP contribution is 2.24. The third kappa shape index (κ3) is 2.87. The van der Waals surface area contributed by atoms with Gasteiger partial charge in [-0.15, -0.1) is 11.3 Å². The van der Waals surface area contributed by atoms with Crippen LogP contribution in [0.5, 0.6) is 5.75 Å². The van der Waals surface area contributed by atoms with Crippen molar-refractivity contribution in [3.63, 3.8) is 0 Å². The van der Waals surface area contributed by atoms with Crippen LogP contribution < -0.4 is 4.74 Å². The third-order valence-corrected chi connectivity index (χ3v) is 4.13. The van der Waals surface area contributed by atoms with E-state index in [0.29, 0.717) is 18.1 Å². The monoisotopic (exact) mass is 298 g/mol. The molecule has 0 aliphatic heterocycles. The van der Waals surface area contributed by atoms with Gasteiger partial charge in [0.05, 0.1) is 15.9 Å². The SMILES string of the molecule is C/C(=N/O)c1ccccc1OCc1nc2ccccc2s1. The van der Waals surface area contributed by atoms with Crippen molar-refractivity contribution in [1.82, 2.24) is 4.98 Å². The first-order chi connectivity index (χ1) is 10.3. The van der Waals surface area contributed by atoms with Crippen LogP contribution in [-0.4, -0.2) is 15.9 Å². The highest BCUT2D eigenvalue weighted by Gasteiger charge is 2.08. The van der Waals surface area contributed by atoms with Crippen LogP contribution in [0.3, 0.4) is 0 Å². The van der Waals surface area contributed by atoms with Gasteiger partial charge >= 0.3 is 0 Å². The van der Waals surface area contributed by atoms with E-state index in [-0.39, 0.29) is 0 Å². The fourth-order valence-electron chi connectivity index (χ4n) is 2.07. The Kier molecular flexibility index (Phi) is 3.83. The van der Waals surface area contributed by atoms with Gasteiger partial charge in [-0.3, -0.25) is 0 Å². The van der Waals surface area contributed by atoms with Gasteiger partial charge in [-0.2, -0.15) is 0 Å². The van der Waals surface area contributed by atoms with Crippen LogP contribution in [0.2, 0.25) is 0 Å². The normalized spacial score (nSPS) is 11.8. The summed E-state index contributed by atoms with van der Waals surface area (Å²) in [5.41, 5.74) is 2.29. The molecular weight excluding hydrogens is 284 g/mol. The lowest BCUT2D eigenvalue weighted by atomic mass is 10.1. The van der Waals surface area contributed by atoms with Crippen molar-refractivity contribution in [1.29, 1.82) is 0 Å². The molecule has 0 aliphatic carbocycles. The highest BCUT2D eigenvalue weighted by atomic mass is 32.1. The summed E-state index contributed by atoms with van der Waals surface area (Å²) in [6.45, 7) is 2.13. The van der Waals surface area contributed by atoms with E-state index in [1.54, 1.807) is 18.3 Å². The Morgan fingerprint density at radius 1 is 1.19 bits per heavy atom. The Hall–Kier alpha value is -2.40. The number of aromatic nitrogens is 1. The first-order valence-corrected chi connectivity index (χ1v) is 7.35. The van der Waals surface area contributed by atoms with Gasteiger partial charge in [-0.25, -0.2) is 4.98 Å². The second-order valence-corrected chi connectivity index (χ2v) is 5.66. The molecule has 5 heteroatoms. The number of hydrogen-bond acceptors (Lipinski definition) is 5. The molecular formula is C16H14N2O2S. The number of para-hydroxylation sites is 2. The number of ether oxygens (including phenoxy) is 1. The summed E-state index contributed by atoms with van der Waals surface area (Å²) in [4.78, 5) is 4.54. The van der Waals surface area contributed by atoms with Crippen molar-refractivity contribution in [3.05, 3.63) is 59.1 Å². The predicted molar refractivity (Wildman–Crippen MR) is 84.4 cm³/mol. The number of nitrogens with zero attached hydrogens (tertiary/aromatic N) is 2. The molecule has 0 aliphatic rings. The molecule has 0 atom stereocenters. The fourth-order valence-corrected chi connectivity index (χ4v) is 2.95. The molecule has 0 fully saturated rings. The lowest BCUT2D eigenvalue weighted by Gasteiger charge is -2.09. The van der Waals surface area contributed by atoms with Crippen LogP contribution in [0.1, 0.15) is 17.5 Å². The molecule has 0 spiro atoms. The Bertz CT molecular complexity index is 763. The quantitative estimate of drug-likeness (QED) is 0.449. The molecule has 1 N–H and O–H groups in total. The standard InChI is InChI=1S/C16H14N2O2S/c1-11(18-19)12-6-2-4-8-14(12)20-10-16-17-13-7-3-5-9-15(13)21-16/h2-9,19H,10H2,1H3/b18-11-. The lowest BCUT2D eigenvalue weighted by molar-refractivity contribution is 0.303. The highest BCUT2D eigenvalue weighted by molar-refractivity contribution is 7.18. The average molecular weight is 298 g/mol. The number of rotatable bonds is 4. The molecule has 1 heterocycles. The Morgan fingerprint density at radius 3 is 2.76 bits per heavy atom. The second-order valence-electron chi connectivity index (χ2n) is 4.55. The zero-order chi connectivity index (χ0) is 14.7. The lowest BCUT2D eigenvalue weighted by Crippen LogP contribution is -2.02. The van der Waals surface area contributed by atoms with Crippen LogP contribution in [0.4, 0.5) is 0 Å². The minimum atomic E-state index is 0.398. The maximum atomic E-state index is 8.92. The van der Waals surface area contributed by atoms with Crippen molar-refractivity contribution >= 4 is 27.3 Å². The third-order valence-electron chi connectivity index (χ3n) is 3.12. The van der Waals surface area contributed by atoms with Crippen molar-refractivity contribution in [2.45, 2.75) is 13.5 Å². The summed E-state index contributed by atoms with van der Waals surface area (Å²) < 4.78 is 6.98. The second kappa shape index (κ2) is 5.93. The predicted octanol–water partition coefficient (Wildman–Crippen LogP) is 4.07. The molecule has 0 unspecified atom stereocenters. The van der Waals surface area contributed by atoms with Crippen LogP contribution in [0, 0.1) is 0 Å². The van der Waals surface area contributed by atoms with Gasteiger partial charge in [-0.05, 0) is 31.2 Å². The molecule has 21 heavy (non-hydrogen) atoms. The molecule has 0 bridgehead atoms. The summed E-state index contributed by atoms with van der Waals surface area (Å²) in [7, 11) is 0. The van der Waals surface area contributed by atoms with Gasteiger partial charge in [-0.1, -0.05) is 29.4 Å². The average Bonchev–Trinajstić information content (AvgIpc) is 2.95. The summed E-state index contributed by atoms with van der Waals surface area (Å²) >= 11 is 1.62. The first kappa shape index (κ1) is 13.6. The molecule has 2 aromatic carbocycles. The molecule has 0 amide bonds. The van der Waals surface area contributed by atoms with Crippen molar-refractivity contribution in [2.75, 3.05) is 0 Å². The molecule has 4 nitrogen and oxygen atoms in total. The van der Waals surface area contributed by atoms with E-state index in [0.717, 1.165) is 20.8 Å². The molecule has 0 saturated carbocycles. The molecule has 1 aromatic heterocycles.